The summed E-state index contributed by atoms with van der Waals surface area (Å²) in [7, 11) is -0.192. The molecule has 4 aliphatic rings. The van der Waals surface area contributed by atoms with Crippen LogP contribution >= 0.6 is 0 Å². The number of benzene rings is 3. The van der Waals surface area contributed by atoms with Crippen molar-refractivity contribution in [1.29, 1.82) is 0 Å². The Hall–Kier alpha value is -2.26. The summed E-state index contributed by atoms with van der Waals surface area (Å²) < 4.78 is 13.1. The lowest BCUT2D eigenvalue weighted by Gasteiger charge is -2.57. The third-order valence-electron chi connectivity index (χ3n) is 10.2. The van der Waals surface area contributed by atoms with Crippen LogP contribution < -0.4 is 9.16 Å². The molecule has 0 radical (unpaired) electrons. The van der Waals surface area contributed by atoms with Gasteiger partial charge in [0.15, 0.2) is 0 Å². The quantitative estimate of drug-likeness (QED) is 0.326. The SMILES string of the molecule is COc1ccc(-c2ccc3ccccc3c2O[Si](C)(C)C(C)(C)C)cc1C12CC3CC(CC(C3)C1)C2. The van der Waals surface area contributed by atoms with Gasteiger partial charge in [-0.3, -0.25) is 0 Å². The Morgan fingerprint density at radius 3 is 2.08 bits per heavy atom. The lowest BCUT2D eigenvalue weighted by molar-refractivity contribution is -0.00613. The van der Waals surface area contributed by atoms with Gasteiger partial charge in [0.1, 0.15) is 11.5 Å². The van der Waals surface area contributed by atoms with Crippen LogP contribution in [0.5, 0.6) is 11.5 Å². The average molecular weight is 499 g/mol. The Kier molecular flexibility index (Phi) is 5.61. The zero-order valence-corrected chi connectivity index (χ0v) is 24.0. The topological polar surface area (TPSA) is 18.5 Å². The minimum absolute atomic E-state index is 0.130. The van der Waals surface area contributed by atoms with Crippen molar-refractivity contribution in [2.45, 2.75) is 82.8 Å². The van der Waals surface area contributed by atoms with E-state index < -0.39 is 8.32 Å². The fourth-order valence-electron chi connectivity index (χ4n) is 7.72. The Morgan fingerprint density at radius 2 is 1.47 bits per heavy atom. The van der Waals surface area contributed by atoms with Gasteiger partial charge in [0.2, 0.25) is 0 Å². The summed E-state index contributed by atoms with van der Waals surface area (Å²) in [4.78, 5) is 0. The molecule has 4 bridgehead atoms. The van der Waals surface area contributed by atoms with Crippen LogP contribution in [-0.4, -0.2) is 15.4 Å². The highest BCUT2D eigenvalue weighted by Gasteiger charge is 2.52. The van der Waals surface area contributed by atoms with E-state index in [2.05, 4.69) is 88.5 Å². The molecule has 4 aliphatic carbocycles. The third-order valence-corrected chi connectivity index (χ3v) is 14.5. The molecule has 0 aliphatic heterocycles. The summed E-state index contributed by atoms with van der Waals surface area (Å²) in [5.41, 5.74) is 4.22. The van der Waals surface area contributed by atoms with Gasteiger partial charge in [0.25, 0.3) is 8.32 Å². The van der Waals surface area contributed by atoms with Gasteiger partial charge >= 0.3 is 0 Å². The highest BCUT2D eigenvalue weighted by Crippen LogP contribution is 2.62. The molecule has 0 aromatic heterocycles. The van der Waals surface area contributed by atoms with Crippen molar-refractivity contribution in [3.8, 4) is 22.6 Å². The van der Waals surface area contributed by atoms with Crippen LogP contribution in [0, 0.1) is 17.8 Å². The summed E-state index contributed by atoms with van der Waals surface area (Å²) in [5.74, 6) is 4.85. The monoisotopic (exact) mass is 498 g/mol. The minimum Gasteiger partial charge on any atom is -0.543 e. The van der Waals surface area contributed by atoms with Crippen molar-refractivity contribution in [2.75, 3.05) is 7.11 Å². The van der Waals surface area contributed by atoms with Crippen molar-refractivity contribution in [3.63, 3.8) is 0 Å². The van der Waals surface area contributed by atoms with Crippen LogP contribution in [0.1, 0.15) is 64.9 Å². The molecule has 0 N–H and O–H groups in total. The zero-order valence-electron chi connectivity index (χ0n) is 23.0. The Bertz CT molecular complexity index is 1260. The molecular weight excluding hydrogens is 456 g/mol. The molecule has 3 heteroatoms. The number of hydrogen-bond acceptors (Lipinski definition) is 2. The molecule has 4 saturated carbocycles. The first-order valence-corrected chi connectivity index (χ1v) is 16.9. The van der Waals surface area contributed by atoms with E-state index >= 15 is 0 Å². The molecule has 0 unspecified atom stereocenters. The first kappa shape index (κ1) is 24.1. The number of fused-ring (bicyclic) bond motifs is 1. The van der Waals surface area contributed by atoms with Gasteiger partial charge < -0.3 is 9.16 Å². The summed E-state index contributed by atoms with van der Waals surface area (Å²) >= 11 is 0. The van der Waals surface area contributed by atoms with Crippen molar-refractivity contribution in [2.24, 2.45) is 17.8 Å². The van der Waals surface area contributed by atoms with E-state index in [0.717, 1.165) is 29.3 Å². The average Bonchev–Trinajstić information content (AvgIpc) is 2.82. The van der Waals surface area contributed by atoms with Crippen LogP contribution in [0.15, 0.2) is 54.6 Å². The third kappa shape index (κ3) is 3.90. The van der Waals surface area contributed by atoms with Crippen LogP contribution in [0.2, 0.25) is 18.1 Å². The highest BCUT2D eigenvalue weighted by atomic mass is 28.4. The second kappa shape index (κ2) is 8.38. The molecule has 0 heterocycles. The normalized spacial score (nSPS) is 27.4. The first-order chi connectivity index (χ1) is 17.1. The fourth-order valence-corrected chi connectivity index (χ4v) is 8.76. The maximum Gasteiger partial charge on any atom is 0.250 e. The molecule has 3 aromatic carbocycles. The van der Waals surface area contributed by atoms with Gasteiger partial charge in [-0.2, -0.15) is 0 Å². The maximum absolute atomic E-state index is 7.12. The van der Waals surface area contributed by atoms with E-state index in [1.807, 2.05) is 7.11 Å². The summed E-state index contributed by atoms with van der Waals surface area (Å²) in [6.45, 7) is 11.7. The highest BCUT2D eigenvalue weighted by molar-refractivity contribution is 6.74. The summed E-state index contributed by atoms with van der Waals surface area (Å²) in [6.07, 6.45) is 8.38. The molecule has 0 spiro atoms. The molecule has 3 aromatic rings. The molecule has 0 amide bonds. The Morgan fingerprint density at radius 1 is 0.833 bits per heavy atom. The van der Waals surface area contributed by atoms with Gasteiger partial charge in [-0.25, -0.2) is 0 Å². The standard InChI is InChI=1S/C33H42O2Si/c1-32(2,3)36(5,6)35-31-27-10-8-7-9-25(27)11-13-28(31)26-12-14-30(34-4)29(18-26)33-19-22-15-23(20-33)17-24(16-22)21-33/h7-14,18,22-24H,15-17,19-21H2,1-6H3. The predicted octanol–water partition coefficient (Wildman–Crippen LogP) is 9.37. The number of ether oxygens (including phenoxy) is 1. The molecule has 190 valence electrons. The molecule has 0 saturated heterocycles. The van der Waals surface area contributed by atoms with Gasteiger partial charge in [-0.15, -0.1) is 0 Å². The summed E-state index contributed by atoms with van der Waals surface area (Å²) in [5, 5.41) is 2.59. The molecule has 2 nitrogen and oxygen atoms in total. The molecule has 0 atom stereocenters. The predicted molar refractivity (Wildman–Crippen MR) is 154 cm³/mol. The van der Waals surface area contributed by atoms with E-state index in [4.69, 9.17) is 9.16 Å². The van der Waals surface area contributed by atoms with E-state index in [-0.39, 0.29) is 10.5 Å². The lowest BCUT2D eigenvalue weighted by Crippen LogP contribution is -2.48. The van der Waals surface area contributed by atoms with Gasteiger partial charge in [0, 0.05) is 16.5 Å². The van der Waals surface area contributed by atoms with Crippen molar-refractivity contribution >= 4 is 19.1 Å². The smallest absolute Gasteiger partial charge is 0.250 e. The molecular formula is C33H42O2Si. The Labute approximate surface area is 218 Å². The molecule has 36 heavy (non-hydrogen) atoms. The van der Waals surface area contributed by atoms with Crippen molar-refractivity contribution in [3.05, 3.63) is 60.2 Å². The van der Waals surface area contributed by atoms with Crippen molar-refractivity contribution in [1.82, 2.24) is 0 Å². The molecule has 7 rings (SSSR count). The van der Waals surface area contributed by atoms with Crippen LogP contribution in [0.4, 0.5) is 0 Å². The molecule has 4 fully saturated rings. The number of hydrogen-bond donors (Lipinski definition) is 0. The number of methoxy groups -OCH3 is 1. The van der Waals surface area contributed by atoms with Gasteiger partial charge in [-0.1, -0.05) is 63.2 Å². The second-order valence-corrected chi connectivity index (χ2v) is 18.4. The minimum atomic E-state index is -2.04. The second-order valence-electron chi connectivity index (χ2n) is 13.6. The van der Waals surface area contributed by atoms with Crippen LogP contribution in [0.3, 0.4) is 0 Å². The van der Waals surface area contributed by atoms with Gasteiger partial charge in [0.05, 0.1) is 7.11 Å². The number of rotatable bonds is 5. The largest absolute Gasteiger partial charge is 0.543 e. The van der Waals surface area contributed by atoms with Gasteiger partial charge in [-0.05, 0) is 103 Å². The van der Waals surface area contributed by atoms with E-state index in [0.29, 0.717) is 0 Å². The van der Waals surface area contributed by atoms with Crippen LogP contribution in [-0.2, 0) is 5.41 Å². The first-order valence-electron chi connectivity index (χ1n) is 14.0. The van der Waals surface area contributed by atoms with E-state index in [1.165, 1.54) is 66.0 Å². The van der Waals surface area contributed by atoms with E-state index in [9.17, 15) is 0 Å². The van der Waals surface area contributed by atoms with Crippen molar-refractivity contribution < 1.29 is 9.16 Å². The maximum atomic E-state index is 7.12. The van der Waals surface area contributed by atoms with E-state index in [1.54, 1.807) is 0 Å². The summed E-state index contributed by atoms with van der Waals surface area (Å²) in [6, 6.07) is 20.2. The zero-order chi connectivity index (χ0) is 25.3. The van der Waals surface area contributed by atoms with Crippen LogP contribution in [0.25, 0.3) is 21.9 Å². The fraction of sp³-hybridized carbons (Fsp3) is 0.515. The lowest BCUT2D eigenvalue weighted by atomic mass is 9.48. The Balaban J connectivity index is 1.51.